The van der Waals surface area contributed by atoms with Gasteiger partial charge in [0.05, 0.1) is 5.75 Å². The first-order valence-corrected chi connectivity index (χ1v) is 7.34. The number of halogens is 3. The summed E-state index contributed by atoms with van der Waals surface area (Å²) in [6.07, 6.45) is -4.72. The standard InChI is InChI=1S/C14H11F3N2O3S/c15-14(16,17)10-6-11(20)19-13(18-10)23-8-12(21)22-7-9-4-2-1-3-5-9/h1-6H,7-8H2,(H,18,19,20). The summed E-state index contributed by atoms with van der Waals surface area (Å²) in [7, 11) is 0. The van der Waals surface area contributed by atoms with Crippen molar-refractivity contribution in [1.82, 2.24) is 9.97 Å². The number of aromatic amines is 1. The molecule has 0 saturated heterocycles. The molecule has 5 nitrogen and oxygen atoms in total. The number of alkyl halides is 3. The minimum Gasteiger partial charge on any atom is -0.460 e. The Morgan fingerprint density at radius 2 is 1.96 bits per heavy atom. The predicted octanol–water partition coefficient (Wildman–Crippen LogP) is 2.62. The molecule has 0 atom stereocenters. The third-order valence-electron chi connectivity index (χ3n) is 2.58. The van der Waals surface area contributed by atoms with Crippen LogP contribution in [0, 0.1) is 0 Å². The van der Waals surface area contributed by atoms with E-state index in [0.717, 1.165) is 5.56 Å². The Hall–Kier alpha value is -2.29. The van der Waals surface area contributed by atoms with Crippen LogP contribution in [0.25, 0.3) is 0 Å². The van der Waals surface area contributed by atoms with Crippen molar-refractivity contribution in [2.45, 2.75) is 17.9 Å². The van der Waals surface area contributed by atoms with E-state index in [1.807, 2.05) is 6.07 Å². The quantitative estimate of drug-likeness (QED) is 0.513. The van der Waals surface area contributed by atoms with Crippen LogP contribution in [0.3, 0.4) is 0 Å². The first-order valence-electron chi connectivity index (χ1n) is 6.35. The van der Waals surface area contributed by atoms with Gasteiger partial charge in [0.15, 0.2) is 10.9 Å². The predicted molar refractivity (Wildman–Crippen MR) is 76.8 cm³/mol. The summed E-state index contributed by atoms with van der Waals surface area (Å²) in [5, 5.41) is -0.290. The molecule has 1 aromatic carbocycles. The topological polar surface area (TPSA) is 72.0 Å². The van der Waals surface area contributed by atoms with Gasteiger partial charge < -0.3 is 9.72 Å². The first-order chi connectivity index (χ1) is 10.8. The highest BCUT2D eigenvalue weighted by Crippen LogP contribution is 2.27. The molecule has 0 bridgehead atoms. The fraction of sp³-hybridized carbons (Fsp3) is 0.214. The molecule has 2 aromatic rings. The van der Waals surface area contributed by atoms with Crippen LogP contribution in [0.5, 0.6) is 0 Å². The Morgan fingerprint density at radius 3 is 2.61 bits per heavy atom. The SMILES string of the molecule is O=C(CSc1nc(C(F)(F)F)cc(=O)[nH]1)OCc1ccccc1. The van der Waals surface area contributed by atoms with Crippen molar-refractivity contribution in [3.63, 3.8) is 0 Å². The number of esters is 1. The number of nitrogens with one attached hydrogen (secondary N) is 1. The summed E-state index contributed by atoms with van der Waals surface area (Å²) in [5.74, 6) is -0.893. The van der Waals surface area contributed by atoms with E-state index in [4.69, 9.17) is 4.74 Å². The van der Waals surface area contributed by atoms with Crippen molar-refractivity contribution in [2.24, 2.45) is 0 Å². The highest BCUT2D eigenvalue weighted by Gasteiger charge is 2.33. The van der Waals surface area contributed by atoms with Gasteiger partial charge in [-0.3, -0.25) is 9.59 Å². The molecule has 122 valence electrons. The van der Waals surface area contributed by atoms with E-state index in [9.17, 15) is 22.8 Å². The number of ether oxygens (including phenoxy) is 1. The maximum atomic E-state index is 12.5. The lowest BCUT2D eigenvalue weighted by molar-refractivity contribution is -0.142. The summed E-state index contributed by atoms with van der Waals surface area (Å²) in [6.45, 7) is 0.0623. The Morgan fingerprint density at radius 1 is 1.26 bits per heavy atom. The number of hydrogen-bond donors (Lipinski definition) is 1. The van der Waals surface area contributed by atoms with Crippen LogP contribution in [0.2, 0.25) is 0 Å². The van der Waals surface area contributed by atoms with E-state index < -0.39 is 23.4 Å². The molecule has 1 aromatic heterocycles. The molecule has 0 amide bonds. The zero-order chi connectivity index (χ0) is 16.9. The highest BCUT2D eigenvalue weighted by molar-refractivity contribution is 7.99. The number of rotatable bonds is 5. The van der Waals surface area contributed by atoms with Gasteiger partial charge in [-0.05, 0) is 5.56 Å². The number of carbonyl (C=O) groups excluding carboxylic acids is 1. The molecule has 9 heteroatoms. The number of nitrogens with zero attached hydrogens (tertiary/aromatic N) is 1. The van der Waals surface area contributed by atoms with Gasteiger partial charge in [0.1, 0.15) is 6.61 Å². The Kier molecular flexibility index (Phi) is 5.43. The Labute approximate surface area is 132 Å². The van der Waals surface area contributed by atoms with Crippen molar-refractivity contribution < 1.29 is 22.7 Å². The van der Waals surface area contributed by atoms with Gasteiger partial charge in [-0.1, -0.05) is 42.1 Å². The van der Waals surface area contributed by atoms with Crippen LogP contribution in [-0.4, -0.2) is 21.7 Å². The zero-order valence-electron chi connectivity index (χ0n) is 11.6. The number of thioether (sulfide) groups is 1. The summed E-state index contributed by atoms with van der Waals surface area (Å²) in [6, 6.07) is 9.29. The van der Waals surface area contributed by atoms with Crippen LogP contribution >= 0.6 is 11.8 Å². The molecule has 0 aliphatic carbocycles. The summed E-state index contributed by atoms with van der Waals surface area (Å²) in [4.78, 5) is 28.2. The highest BCUT2D eigenvalue weighted by atomic mass is 32.2. The van der Waals surface area contributed by atoms with Crippen LogP contribution in [0.4, 0.5) is 13.2 Å². The third kappa shape index (κ3) is 5.44. The average molecular weight is 344 g/mol. The van der Waals surface area contributed by atoms with Gasteiger partial charge >= 0.3 is 12.1 Å². The monoisotopic (exact) mass is 344 g/mol. The van der Waals surface area contributed by atoms with Gasteiger partial charge in [0.25, 0.3) is 5.56 Å². The fourth-order valence-corrected chi connectivity index (χ4v) is 2.23. The minimum absolute atomic E-state index is 0.0623. The van der Waals surface area contributed by atoms with Crippen molar-refractivity contribution in [3.8, 4) is 0 Å². The number of carbonyl (C=O) groups is 1. The summed E-state index contributed by atoms with van der Waals surface area (Å²) in [5.41, 5.74) is -1.45. The van der Waals surface area contributed by atoms with Gasteiger partial charge in [-0.15, -0.1) is 0 Å². The van der Waals surface area contributed by atoms with E-state index in [2.05, 4.69) is 9.97 Å². The molecule has 2 rings (SSSR count). The molecule has 23 heavy (non-hydrogen) atoms. The van der Waals surface area contributed by atoms with Crippen molar-refractivity contribution in [3.05, 3.63) is 58.0 Å². The van der Waals surface area contributed by atoms with E-state index in [1.54, 1.807) is 24.3 Å². The second kappa shape index (κ2) is 7.32. The normalized spacial score (nSPS) is 11.3. The van der Waals surface area contributed by atoms with Crippen molar-refractivity contribution in [1.29, 1.82) is 0 Å². The fourth-order valence-electron chi connectivity index (χ4n) is 1.56. The van der Waals surface area contributed by atoms with Gasteiger partial charge in [0, 0.05) is 6.07 Å². The van der Waals surface area contributed by atoms with Crippen LogP contribution in [0.1, 0.15) is 11.3 Å². The second-order valence-electron chi connectivity index (χ2n) is 4.37. The lowest BCUT2D eigenvalue weighted by atomic mass is 10.2. The zero-order valence-corrected chi connectivity index (χ0v) is 12.4. The van der Waals surface area contributed by atoms with Gasteiger partial charge in [0.2, 0.25) is 0 Å². The molecule has 1 N–H and O–H groups in total. The second-order valence-corrected chi connectivity index (χ2v) is 5.33. The third-order valence-corrected chi connectivity index (χ3v) is 3.43. The molecule has 0 aliphatic heterocycles. The first kappa shape index (κ1) is 17.1. The molecule has 0 saturated carbocycles. The average Bonchev–Trinajstić information content (AvgIpc) is 2.50. The molecule has 0 radical (unpaired) electrons. The van der Waals surface area contributed by atoms with Gasteiger partial charge in [-0.2, -0.15) is 13.2 Å². The minimum atomic E-state index is -4.72. The number of H-pyrrole nitrogens is 1. The lowest BCUT2D eigenvalue weighted by Gasteiger charge is -2.07. The smallest absolute Gasteiger partial charge is 0.433 e. The summed E-state index contributed by atoms with van der Waals surface area (Å²) >= 11 is 0.667. The number of aromatic nitrogens is 2. The molecule has 0 spiro atoms. The molecular weight excluding hydrogens is 333 g/mol. The molecule has 0 unspecified atom stereocenters. The van der Waals surface area contributed by atoms with E-state index in [1.165, 1.54) is 0 Å². The van der Waals surface area contributed by atoms with Crippen LogP contribution in [0.15, 0.2) is 46.3 Å². The molecular formula is C14H11F3N2O3S. The maximum absolute atomic E-state index is 12.5. The lowest BCUT2D eigenvalue weighted by Crippen LogP contribution is -2.17. The largest absolute Gasteiger partial charge is 0.460 e. The van der Waals surface area contributed by atoms with Crippen LogP contribution in [-0.2, 0) is 22.3 Å². The number of benzene rings is 1. The molecule has 0 fully saturated rings. The number of hydrogen-bond acceptors (Lipinski definition) is 5. The van der Waals surface area contributed by atoms with Gasteiger partial charge in [-0.25, -0.2) is 4.98 Å². The maximum Gasteiger partial charge on any atom is 0.433 e. The Balaban J connectivity index is 1.91. The van der Waals surface area contributed by atoms with Crippen LogP contribution < -0.4 is 5.56 Å². The van der Waals surface area contributed by atoms with Crippen molar-refractivity contribution >= 4 is 17.7 Å². The van der Waals surface area contributed by atoms with E-state index >= 15 is 0 Å². The van der Waals surface area contributed by atoms with E-state index in [-0.39, 0.29) is 17.5 Å². The summed E-state index contributed by atoms with van der Waals surface area (Å²) < 4.78 is 42.6. The molecule has 1 heterocycles. The Bertz CT molecular complexity index is 732. The molecule has 0 aliphatic rings. The van der Waals surface area contributed by atoms with E-state index in [0.29, 0.717) is 17.8 Å². The van der Waals surface area contributed by atoms with Crippen molar-refractivity contribution in [2.75, 3.05) is 5.75 Å².